The van der Waals surface area contributed by atoms with Gasteiger partial charge in [-0.2, -0.15) is 0 Å². The molecule has 0 atom stereocenters. The first-order valence-corrected chi connectivity index (χ1v) is 9.25. The normalized spacial score (nSPS) is 11.8. The molecule has 0 heterocycles. The fraction of sp³-hybridized carbons (Fsp3) is 0.409. The summed E-state index contributed by atoms with van der Waals surface area (Å²) in [6.45, 7) is 7.57. The van der Waals surface area contributed by atoms with Gasteiger partial charge < -0.3 is 15.5 Å². The highest BCUT2D eigenvalue weighted by molar-refractivity contribution is 5.90. The molecule has 26 heavy (non-hydrogen) atoms. The molecule has 4 heteroatoms. The second kappa shape index (κ2) is 13.0. The van der Waals surface area contributed by atoms with Crippen LogP contribution in [0.25, 0.3) is 0 Å². The molecule has 0 aromatic heterocycles. The topological polar surface area (TPSA) is 44.4 Å². The van der Waals surface area contributed by atoms with Crippen LogP contribution in [-0.4, -0.2) is 31.4 Å². The molecular formula is C22H33N3O. The van der Waals surface area contributed by atoms with E-state index in [1.54, 1.807) is 0 Å². The van der Waals surface area contributed by atoms with Crippen LogP contribution >= 0.6 is 0 Å². The third-order valence-corrected chi connectivity index (χ3v) is 3.73. The van der Waals surface area contributed by atoms with Crippen LogP contribution < -0.4 is 10.6 Å². The lowest BCUT2D eigenvalue weighted by molar-refractivity contribution is -0.116. The molecule has 0 spiro atoms. The molecular weight excluding hydrogens is 322 g/mol. The van der Waals surface area contributed by atoms with Gasteiger partial charge in [0.05, 0.1) is 0 Å². The lowest BCUT2D eigenvalue weighted by Crippen LogP contribution is -2.14. The Bertz CT molecular complexity index is 618. The van der Waals surface area contributed by atoms with Gasteiger partial charge in [0.1, 0.15) is 0 Å². The average molecular weight is 356 g/mol. The molecule has 1 amide bonds. The summed E-state index contributed by atoms with van der Waals surface area (Å²) in [5, 5.41) is 6.27. The number of carbonyl (C=O) groups excluding carboxylic acids is 1. The van der Waals surface area contributed by atoms with Crippen LogP contribution in [0.2, 0.25) is 0 Å². The van der Waals surface area contributed by atoms with Gasteiger partial charge in [-0.1, -0.05) is 42.9 Å². The van der Waals surface area contributed by atoms with E-state index in [1.165, 1.54) is 11.1 Å². The zero-order valence-corrected chi connectivity index (χ0v) is 16.4. The van der Waals surface area contributed by atoms with E-state index >= 15 is 0 Å². The first-order valence-electron chi connectivity index (χ1n) is 9.25. The molecule has 0 fully saturated rings. The van der Waals surface area contributed by atoms with Crippen molar-refractivity contribution in [1.82, 2.24) is 10.2 Å². The Morgan fingerprint density at radius 2 is 2.04 bits per heavy atom. The molecule has 4 nitrogen and oxygen atoms in total. The van der Waals surface area contributed by atoms with E-state index in [-0.39, 0.29) is 5.91 Å². The van der Waals surface area contributed by atoms with Crippen molar-refractivity contribution in [3.8, 4) is 0 Å². The van der Waals surface area contributed by atoms with E-state index in [0.29, 0.717) is 6.42 Å². The van der Waals surface area contributed by atoms with Crippen molar-refractivity contribution in [2.24, 2.45) is 0 Å². The number of rotatable bonds is 12. The van der Waals surface area contributed by atoms with Gasteiger partial charge >= 0.3 is 0 Å². The van der Waals surface area contributed by atoms with Gasteiger partial charge in [-0.25, -0.2) is 0 Å². The van der Waals surface area contributed by atoms with Gasteiger partial charge in [-0.3, -0.25) is 4.79 Å². The molecule has 0 aliphatic carbocycles. The van der Waals surface area contributed by atoms with Crippen LogP contribution in [0.5, 0.6) is 0 Å². The fourth-order valence-corrected chi connectivity index (χ4v) is 2.55. The number of anilines is 1. The standard InChI is InChI=1S/C22H33N3O/c1-5-7-8-15-23-17-19(10-6-2)13-14-22(26)24-21-12-9-11-20(16-21)18-25(3)4/h6-9,11-12,16-17,23H,2,5,10,13-15,18H2,1,3-4H3,(H,24,26)/b8-7-,19-17+. The minimum Gasteiger partial charge on any atom is -0.387 e. The molecule has 0 saturated carbocycles. The highest BCUT2D eigenvalue weighted by Gasteiger charge is 2.05. The molecule has 0 unspecified atom stereocenters. The molecule has 0 saturated heterocycles. The number of hydrogen-bond acceptors (Lipinski definition) is 3. The number of nitrogens with zero attached hydrogens (tertiary/aromatic N) is 1. The van der Waals surface area contributed by atoms with E-state index in [4.69, 9.17) is 0 Å². The predicted octanol–water partition coefficient (Wildman–Crippen LogP) is 4.48. The van der Waals surface area contributed by atoms with Gasteiger partial charge in [-0.15, -0.1) is 6.58 Å². The number of amides is 1. The average Bonchev–Trinajstić information content (AvgIpc) is 2.59. The summed E-state index contributed by atoms with van der Waals surface area (Å²) in [7, 11) is 4.07. The quantitative estimate of drug-likeness (QED) is 0.429. The summed E-state index contributed by atoms with van der Waals surface area (Å²) in [6, 6.07) is 8.00. The Kier molecular flexibility index (Phi) is 10.8. The Labute approximate surface area is 158 Å². The van der Waals surface area contributed by atoms with Crippen molar-refractivity contribution in [2.75, 3.05) is 26.0 Å². The zero-order valence-electron chi connectivity index (χ0n) is 16.4. The highest BCUT2D eigenvalue weighted by atomic mass is 16.1. The number of hydrogen-bond donors (Lipinski definition) is 2. The molecule has 1 aromatic rings. The zero-order chi connectivity index (χ0) is 19.2. The van der Waals surface area contributed by atoms with Crippen molar-refractivity contribution >= 4 is 11.6 Å². The highest BCUT2D eigenvalue weighted by Crippen LogP contribution is 2.14. The van der Waals surface area contributed by atoms with Crippen molar-refractivity contribution in [1.29, 1.82) is 0 Å². The first-order chi connectivity index (χ1) is 12.5. The summed E-state index contributed by atoms with van der Waals surface area (Å²) in [5.41, 5.74) is 3.22. The van der Waals surface area contributed by atoms with Crippen molar-refractivity contribution in [3.05, 3.63) is 66.4 Å². The minimum atomic E-state index is 0.0350. The molecule has 0 bridgehead atoms. The Hall–Kier alpha value is -2.33. The second-order valence-corrected chi connectivity index (χ2v) is 6.57. The van der Waals surface area contributed by atoms with Crippen molar-refractivity contribution < 1.29 is 4.79 Å². The predicted molar refractivity (Wildman–Crippen MR) is 112 cm³/mol. The van der Waals surface area contributed by atoms with Crippen LogP contribution in [0.1, 0.15) is 38.2 Å². The lowest BCUT2D eigenvalue weighted by Gasteiger charge is -2.12. The first kappa shape index (κ1) is 21.7. The maximum Gasteiger partial charge on any atom is 0.224 e. The van der Waals surface area contributed by atoms with Gasteiger partial charge in [0.25, 0.3) is 0 Å². The van der Waals surface area contributed by atoms with Gasteiger partial charge in [-0.05, 0) is 57.3 Å². The number of allylic oxidation sites excluding steroid dienone is 3. The van der Waals surface area contributed by atoms with Gasteiger partial charge in [0.15, 0.2) is 0 Å². The van der Waals surface area contributed by atoms with E-state index < -0.39 is 0 Å². The van der Waals surface area contributed by atoms with E-state index in [9.17, 15) is 4.79 Å². The molecule has 1 rings (SSSR count). The van der Waals surface area contributed by atoms with Gasteiger partial charge in [0.2, 0.25) is 5.91 Å². The van der Waals surface area contributed by atoms with Crippen LogP contribution in [0.3, 0.4) is 0 Å². The molecule has 0 radical (unpaired) electrons. The maximum atomic E-state index is 12.3. The van der Waals surface area contributed by atoms with Crippen LogP contribution in [0, 0.1) is 0 Å². The van der Waals surface area contributed by atoms with Crippen molar-refractivity contribution in [2.45, 2.75) is 39.2 Å². The Morgan fingerprint density at radius 3 is 2.73 bits per heavy atom. The van der Waals surface area contributed by atoms with Crippen LogP contribution in [0.4, 0.5) is 5.69 Å². The molecule has 1 aromatic carbocycles. The molecule has 0 aliphatic heterocycles. The number of benzene rings is 1. The third-order valence-electron chi connectivity index (χ3n) is 3.73. The smallest absolute Gasteiger partial charge is 0.224 e. The Morgan fingerprint density at radius 1 is 1.23 bits per heavy atom. The van der Waals surface area contributed by atoms with Crippen LogP contribution in [0.15, 0.2) is 60.8 Å². The summed E-state index contributed by atoms with van der Waals surface area (Å²) in [5.74, 6) is 0.0350. The van der Waals surface area contributed by atoms with E-state index in [2.05, 4.69) is 47.3 Å². The summed E-state index contributed by atoms with van der Waals surface area (Å²) >= 11 is 0. The van der Waals surface area contributed by atoms with Crippen molar-refractivity contribution in [3.63, 3.8) is 0 Å². The van der Waals surface area contributed by atoms with Gasteiger partial charge in [0, 0.05) is 25.2 Å². The van der Waals surface area contributed by atoms with E-state index in [0.717, 1.165) is 38.0 Å². The molecule has 0 aliphatic rings. The summed E-state index contributed by atoms with van der Waals surface area (Å²) in [6.07, 6.45) is 11.1. The summed E-state index contributed by atoms with van der Waals surface area (Å²) < 4.78 is 0. The SMILES string of the molecule is C=CC/C(=C\NC/C=C\CC)CCC(=O)Nc1cccc(CN(C)C)c1. The lowest BCUT2D eigenvalue weighted by atomic mass is 10.1. The maximum absolute atomic E-state index is 12.3. The second-order valence-electron chi connectivity index (χ2n) is 6.57. The number of nitrogens with one attached hydrogen (secondary N) is 2. The number of carbonyl (C=O) groups is 1. The largest absolute Gasteiger partial charge is 0.387 e. The van der Waals surface area contributed by atoms with E-state index in [1.807, 2.05) is 44.6 Å². The Balaban J connectivity index is 2.50. The van der Waals surface area contributed by atoms with Crippen LogP contribution in [-0.2, 0) is 11.3 Å². The summed E-state index contributed by atoms with van der Waals surface area (Å²) in [4.78, 5) is 14.4. The molecule has 2 N–H and O–H groups in total. The fourth-order valence-electron chi connectivity index (χ4n) is 2.55. The molecule has 142 valence electrons. The third kappa shape index (κ3) is 9.84. The minimum absolute atomic E-state index is 0.0350. The monoisotopic (exact) mass is 355 g/mol.